The van der Waals surface area contributed by atoms with Gasteiger partial charge in [-0.1, -0.05) is 24.6 Å². The molecule has 110 valence electrons. The van der Waals surface area contributed by atoms with Crippen molar-refractivity contribution in [3.63, 3.8) is 0 Å². The molecule has 2 heterocycles. The smallest absolute Gasteiger partial charge is 0.243 e. The first-order valence-corrected chi connectivity index (χ1v) is 8.20. The number of carbonyl (C=O) groups excluding carboxylic acids is 1. The highest BCUT2D eigenvalue weighted by molar-refractivity contribution is 7.16. The average molecular weight is 313 g/mol. The van der Waals surface area contributed by atoms with Crippen molar-refractivity contribution < 1.29 is 4.79 Å². The predicted molar refractivity (Wildman–Crippen MR) is 85.2 cm³/mol. The number of hydrogen-bond acceptors (Lipinski definition) is 3. The molecule has 0 radical (unpaired) electrons. The van der Waals surface area contributed by atoms with Crippen molar-refractivity contribution in [2.75, 3.05) is 13.1 Å². The van der Waals surface area contributed by atoms with Gasteiger partial charge >= 0.3 is 0 Å². The third kappa shape index (κ3) is 3.25. The summed E-state index contributed by atoms with van der Waals surface area (Å²) in [7, 11) is 0. The van der Waals surface area contributed by atoms with Crippen LogP contribution in [0, 0.1) is 0 Å². The van der Waals surface area contributed by atoms with E-state index >= 15 is 0 Å². The van der Waals surface area contributed by atoms with Crippen LogP contribution in [0.4, 0.5) is 0 Å². The van der Waals surface area contributed by atoms with Crippen molar-refractivity contribution >= 4 is 28.8 Å². The molecule has 1 aromatic heterocycles. The van der Waals surface area contributed by atoms with E-state index in [1.165, 1.54) is 11.3 Å². The van der Waals surface area contributed by atoms with Gasteiger partial charge in [0.05, 0.1) is 16.4 Å². The number of amides is 1. The molecule has 20 heavy (non-hydrogen) atoms. The highest BCUT2D eigenvalue weighted by Crippen LogP contribution is 2.28. The van der Waals surface area contributed by atoms with Gasteiger partial charge in [-0.25, -0.2) is 0 Å². The van der Waals surface area contributed by atoms with Gasteiger partial charge in [0.2, 0.25) is 5.91 Å². The fourth-order valence-corrected chi connectivity index (χ4v) is 3.85. The van der Waals surface area contributed by atoms with Crippen molar-refractivity contribution in [1.29, 1.82) is 0 Å². The van der Waals surface area contributed by atoms with Crippen molar-refractivity contribution in [1.82, 2.24) is 10.2 Å². The van der Waals surface area contributed by atoms with Crippen LogP contribution in [0.3, 0.4) is 0 Å². The molecule has 1 aliphatic rings. The summed E-state index contributed by atoms with van der Waals surface area (Å²) in [6, 6.07) is 3.86. The van der Waals surface area contributed by atoms with Crippen LogP contribution in [0.1, 0.15) is 31.1 Å². The number of halogens is 1. The number of rotatable bonds is 6. The maximum absolute atomic E-state index is 12.9. The van der Waals surface area contributed by atoms with Gasteiger partial charge < -0.3 is 10.2 Å². The van der Waals surface area contributed by atoms with E-state index in [0.29, 0.717) is 13.1 Å². The Hall–Kier alpha value is -0.840. The summed E-state index contributed by atoms with van der Waals surface area (Å²) in [6.45, 7) is 7.93. The number of carbonyl (C=O) groups is 1. The quantitative estimate of drug-likeness (QED) is 0.816. The Morgan fingerprint density at radius 3 is 2.95 bits per heavy atom. The summed E-state index contributed by atoms with van der Waals surface area (Å²) in [5, 5.41) is 3.40. The molecule has 1 amide bonds. The van der Waals surface area contributed by atoms with Gasteiger partial charge in [-0.05, 0) is 37.9 Å². The number of nitrogens with zero attached hydrogens (tertiary/aromatic N) is 1. The first-order valence-electron chi connectivity index (χ1n) is 7.01. The van der Waals surface area contributed by atoms with Crippen molar-refractivity contribution in [2.24, 2.45) is 0 Å². The summed E-state index contributed by atoms with van der Waals surface area (Å²) in [4.78, 5) is 15.9. The molecule has 1 atom stereocenters. The Bertz CT molecular complexity index is 480. The molecule has 1 saturated heterocycles. The van der Waals surface area contributed by atoms with Gasteiger partial charge in [0.1, 0.15) is 0 Å². The molecule has 1 aliphatic heterocycles. The fraction of sp³-hybridized carbons (Fsp3) is 0.533. The molecule has 5 heteroatoms. The predicted octanol–water partition coefficient (Wildman–Crippen LogP) is 3.45. The second-order valence-electron chi connectivity index (χ2n) is 5.15. The Labute approximate surface area is 129 Å². The Kier molecular flexibility index (Phi) is 5.24. The highest BCUT2D eigenvalue weighted by atomic mass is 35.5. The summed E-state index contributed by atoms with van der Waals surface area (Å²) >= 11 is 7.49. The number of thiophene rings is 1. The van der Waals surface area contributed by atoms with Crippen molar-refractivity contribution in [3.8, 4) is 0 Å². The molecule has 0 bridgehead atoms. The minimum absolute atomic E-state index is 0.182. The van der Waals surface area contributed by atoms with Gasteiger partial charge in [0.15, 0.2) is 0 Å². The van der Waals surface area contributed by atoms with Gasteiger partial charge in [-0.3, -0.25) is 4.79 Å². The molecular weight excluding hydrogens is 292 g/mol. The SMILES string of the molecule is C=CCN(Cc1ccc(Cl)s1)C(=O)C1(CC)CCCN1. The summed E-state index contributed by atoms with van der Waals surface area (Å²) in [5.74, 6) is 0.182. The van der Waals surface area contributed by atoms with E-state index in [9.17, 15) is 4.79 Å². The number of nitrogens with one attached hydrogen (secondary N) is 1. The molecule has 0 saturated carbocycles. The standard InChI is InChI=1S/C15H21ClN2OS/c1-3-10-18(11-12-6-7-13(16)20-12)14(19)15(4-2)8-5-9-17-15/h3,6-7,17H,1,4-5,8-11H2,2H3. The van der Waals surface area contributed by atoms with Crippen LogP contribution in [0.2, 0.25) is 4.34 Å². The molecule has 0 spiro atoms. The van der Waals surface area contributed by atoms with E-state index in [1.807, 2.05) is 17.0 Å². The molecule has 1 unspecified atom stereocenters. The molecule has 1 fully saturated rings. The molecule has 1 N–H and O–H groups in total. The average Bonchev–Trinajstić information content (AvgIpc) is 3.07. The van der Waals surface area contributed by atoms with Gasteiger partial charge in [0.25, 0.3) is 0 Å². The van der Waals surface area contributed by atoms with Crippen LogP contribution in [-0.2, 0) is 11.3 Å². The van der Waals surface area contributed by atoms with E-state index in [2.05, 4.69) is 18.8 Å². The lowest BCUT2D eigenvalue weighted by molar-refractivity contribution is -0.138. The maximum atomic E-state index is 12.9. The molecule has 1 aromatic rings. The zero-order valence-corrected chi connectivity index (χ0v) is 13.4. The number of hydrogen-bond donors (Lipinski definition) is 1. The second-order valence-corrected chi connectivity index (χ2v) is 6.95. The molecule has 3 nitrogen and oxygen atoms in total. The third-order valence-electron chi connectivity index (χ3n) is 3.87. The Morgan fingerprint density at radius 1 is 1.65 bits per heavy atom. The van der Waals surface area contributed by atoms with Crippen LogP contribution in [0.25, 0.3) is 0 Å². The third-order valence-corrected chi connectivity index (χ3v) is 5.08. The van der Waals surface area contributed by atoms with Crippen LogP contribution < -0.4 is 5.32 Å². The van der Waals surface area contributed by atoms with E-state index in [1.54, 1.807) is 6.08 Å². The zero-order chi connectivity index (χ0) is 14.6. The first-order chi connectivity index (χ1) is 9.61. The zero-order valence-electron chi connectivity index (χ0n) is 11.8. The van der Waals surface area contributed by atoms with Crippen LogP contribution in [-0.4, -0.2) is 29.4 Å². The second kappa shape index (κ2) is 6.74. The lowest BCUT2D eigenvalue weighted by atomic mass is 9.92. The lowest BCUT2D eigenvalue weighted by Gasteiger charge is -2.33. The van der Waals surface area contributed by atoms with Crippen molar-refractivity contribution in [3.05, 3.63) is 34.0 Å². The van der Waals surface area contributed by atoms with Crippen molar-refractivity contribution in [2.45, 2.75) is 38.3 Å². The monoisotopic (exact) mass is 312 g/mol. The molecule has 0 aliphatic carbocycles. The Morgan fingerprint density at radius 2 is 2.45 bits per heavy atom. The van der Waals surface area contributed by atoms with E-state index in [-0.39, 0.29) is 11.4 Å². The van der Waals surface area contributed by atoms with Gasteiger partial charge in [-0.15, -0.1) is 17.9 Å². The van der Waals surface area contributed by atoms with E-state index in [0.717, 1.165) is 35.0 Å². The topological polar surface area (TPSA) is 32.3 Å². The van der Waals surface area contributed by atoms with E-state index < -0.39 is 0 Å². The fourth-order valence-electron chi connectivity index (χ4n) is 2.74. The van der Waals surface area contributed by atoms with Crippen LogP contribution >= 0.6 is 22.9 Å². The summed E-state index contributed by atoms with van der Waals surface area (Å²) in [5.41, 5.74) is -0.385. The van der Waals surface area contributed by atoms with Gasteiger partial charge in [-0.2, -0.15) is 0 Å². The normalized spacial score (nSPS) is 21.9. The summed E-state index contributed by atoms with van der Waals surface area (Å²) in [6.07, 6.45) is 4.59. The lowest BCUT2D eigenvalue weighted by Crippen LogP contribution is -2.54. The van der Waals surface area contributed by atoms with Crippen LogP contribution in [0.15, 0.2) is 24.8 Å². The summed E-state index contributed by atoms with van der Waals surface area (Å²) < 4.78 is 0.759. The maximum Gasteiger partial charge on any atom is 0.243 e. The minimum atomic E-state index is -0.385. The Balaban J connectivity index is 2.14. The van der Waals surface area contributed by atoms with E-state index in [4.69, 9.17) is 11.6 Å². The molecule has 0 aromatic carbocycles. The largest absolute Gasteiger partial charge is 0.332 e. The minimum Gasteiger partial charge on any atom is -0.332 e. The van der Waals surface area contributed by atoms with Gasteiger partial charge in [0, 0.05) is 11.4 Å². The first kappa shape index (κ1) is 15.5. The molecule has 2 rings (SSSR count). The highest BCUT2D eigenvalue weighted by Gasteiger charge is 2.41. The molecular formula is C15H21ClN2OS. The van der Waals surface area contributed by atoms with Crippen LogP contribution in [0.5, 0.6) is 0 Å².